The van der Waals surface area contributed by atoms with Gasteiger partial charge in [-0.3, -0.25) is 9.78 Å². The van der Waals surface area contributed by atoms with Gasteiger partial charge in [0, 0.05) is 22.6 Å². The van der Waals surface area contributed by atoms with E-state index in [1.54, 1.807) is 6.07 Å². The second-order valence-electron chi connectivity index (χ2n) is 7.20. The number of carbonyl (C=O) groups excluding carboxylic acids is 2. The molecule has 2 aromatic carbocycles. The van der Waals surface area contributed by atoms with E-state index in [9.17, 15) is 9.59 Å². The second kappa shape index (κ2) is 6.95. The Kier molecular flexibility index (Phi) is 4.48. The number of aryl methyl sites for hydroxylation is 2. The van der Waals surface area contributed by atoms with Crippen molar-refractivity contribution in [1.82, 2.24) is 4.98 Å². The number of rotatable bonds is 5. The molecule has 4 nitrogen and oxygen atoms in total. The van der Waals surface area contributed by atoms with E-state index in [0.717, 1.165) is 40.6 Å². The number of para-hydroxylation sites is 1. The molecular weight excluding hydrogens is 338 g/mol. The first-order valence-electron chi connectivity index (χ1n) is 9.20. The summed E-state index contributed by atoms with van der Waals surface area (Å²) in [6.45, 7) is 3.60. The number of ether oxygens (including phenoxy) is 1. The highest BCUT2D eigenvalue weighted by Crippen LogP contribution is 2.40. The van der Waals surface area contributed by atoms with Gasteiger partial charge in [0.05, 0.1) is 11.1 Å². The van der Waals surface area contributed by atoms with Gasteiger partial charge < -0.3 is 4.74 Å². The molecule has 0 bridgehead atoms. The minimum Gasteiger partial charge on any atom is -0.454 e. The van der Waals surface area contributed by atoms with Crippen LogP contribution in [0.5, 0.6) is 0 Å². The van der Waals surface area contributed by atoms with E-state index in [4.69, 9.17) is 4.74 Å². The van der Waals surface area contributed by atoms with Crippen molar-refractivity contribution < 1.29 is 14.3 Å². The molecule has 1 aliphatic rings. The van der Waals surface area contributed by atoms with Crippen LogP contribution < -0.4 is 0 Å². The predicted molar refractivity (Wildman–Crippen MR) is 104 cm³/mol. The largest absolute Gasteiger partial charge is 0.454 e. The summed E-state index contributed by atoms with van der Waals surface area (Å²) in [4.78, 5) is 29.9. The lowest BCUT2D eigenvalue weighted by molar-refractivity contribution is 0.0476. The highest BCUT2D eigenvalue weighted by molar-refractivity contribution is 6.05. The Bertz CT molecular complexity index is 1050. The van der Waals surface area contributed by atoms with Crippen LogP contribution in [0.1, 0.15) is 56.3 Å². The zero-order valence-electron chi connectivity index (χ0n) is 15.5. The molecular formula is C23H21NO3. The van der Waals surface area contributed by atoms with Gasteiger partial charge in [-0.15, -0.1) is 0 Å². The van der Waals surface area contributed by atoms with Gasteiger partial charge in [0.15, 0.2) is 6.61 Å². The maximum Gasteiger partial charge on any atom is 0.339 e. The summed E-state index contributed by atoms with van der Waals surface area (Å²) in [5.41, 5.74) is 4.77. The molecule has 1 aliphatic carbocycles. The molecule has 0 unspecified atom stereocenters. The molecule has 1 aromatic heterocycles. The summed E-state index contributed by atoms with van der Waals surface area (Å²) in [5, 5.41) is 0.755. The Morgan fingerprint density at radius 2 is 1.81 bits per heavy atom. The third-order valence-electron chi connectivity index (χ3n) is 4.97. The van der Waals surface area contributed by atoms with Crippen molar-refractivity contribution in [1.29, 1.82) is 0 Å². The Morgan fingerprint density at radius 1 is 1.04 bits per heavy atom. The van der Waals surface area contributed by atoms with Crippen molar-refractivity contribution in [2.45, 2.75) is 32.6 Å². The Labute approximate surface area is 158 Å². The summed E-state index contributed by atoms with van der Waals surface area (Å²) in [5.74, 6) is -0.242. The number of Topliss-reactive ketones (excluding diaryl/α,β-unsaturated/α-hetero) is 1. The second-order valence-corrected chi connectivity index (χ2v) is 7.20. The first-order chi connectivity index (χ1) is 13.0. The summed E-state index contributed by atoms with van der Waals surface area (Å²) in [6, 6.07) is 15.0. The van der Waals surface area contributed by atoms with Crippen LogP contribution in [0.3, 0.4) is 0 Å². The third-order valence-corrected chi connectivity index (χ3v) is 4.97. The summed E-state index contributed by atoms with van der Waals surface area (Å²) in [6.07, 6.45) is 2.20. The number of benzene rings is 2. The van der Waals surface area contributed by atoms with Gasteiger partial charge in [-0.05, 0) is 44.4 Å². The number of fused-ring (bicyclic) bond motifs is 1. The molecule has 0 atom stereocenters. The normalized spacial score (nSPS) is 13.6. The fourth-order valence-electron chi connectivity index (χ4n) is 3.37. The minimum atomic E-state index is -0.478. The molecule has 0 saturated heterocycles. The highest BCUT2D eigenvalue weighted by Gasteiger charge is 2.27. The molecule has 27 heavy (non-hydrogen) atoms. The quantitative estimate of drug-likeness (QED) is 0.486. The van der Waals surface area contributed by atoms with Crippen LogP contribution in [0, 0.1) is 13.8 Å². The zero-order chi connectivity index (χ0) is 19.0. The van der Waals surface area contributed by atoms with Crippen molar-refractivity contribution in [2.75, 3.05) is 6.61 Å². The van der Waals surface area contributed by atoms with Crippen molar-refractivity contribution in [3.8, 4) is 0 Å². The summed E-state index contributed by atoms with van der Waals surface area (Å²) >= 11 is 0. The van der Waals surface area contributed by atoms with Crippen molar-refractivity contribution in [3.63, 3.8) is 0 Å². The number of aromatic nitrogens is 1. The minimum absolute atomic E-state index is 0.193. The first kappa shape index (κ1) is 17.4. The van der Waals surface area contributed by atoms with E-state index in [1.165, 1.54) is 0 Å². The lowest BCUT2D eigenvalue weighted by Crippen LogP contribution is -2.16. The first-order valence-corrected chi connectivity index (χ1v) is 9.20. The van der Waals surface area contributed by atoms with Gasteiger partial charge in [0.1, 0.15) is 0 Å². The molecule has 1 saturated carbocycles. The molecule has 0 radical (unpaired) electrons. The van der Waals surface area contributed by atoms with Gasteiger partial charge in [0.2, 0.25) is 5.78 Å². The van der Waals surface area contributed by atoms with Gasteiger partial charge >= 0.3 is 5.97 Å². The monoisotopic (exact) mass is 359 g/mol. The number of pyridine rings is 1. The van der Waals surface area contributed by atoms with Crippen LogP contribution in [0.25, 0.3) is 10.9 Å². The van der Waals surface area contributed by atoms with Crippen LogP contribution >= 0.6 is 0 Å². The molecule has 1 heterocycles. The van der Waals surface area contributed by atoms with E-state index in [2.05, 4.69) is 4.98 Å². The Morgan fingerprint density at radius 3 is 2.56 bits per heavy atom. The summed E-state index contributed by atoms with van der Waals surface area (Å²) in [7, 11) is 0. The topological polar surface area (TPSA) is 56.3 Å². The number of esters is 1. The maximum atomic E-state index is 12.7. The van der Waals surface area contributed by atoms with Crippen molar-refractivity contribution in [3.05, 3.63) is 76.5 Å². The zero-order valence-corrected chi connectivity index (χ0v) is 15.5. The van der Waals surface area contributed by atoms with Gasteiger partial charge in [-0.25, -0.2) is 4.79 Å². The molecule has 0 spiro atoms. The van der Waals surface area contributed by atoms with E-state index in [0.29, 0.717) is 17.0 Å². The molecule has 1 fully saturated rings. The van der Waals surface area contributed by atoms with Crippen LogP contribution in [0.4, 0.5) is 0 Å². The number of carbonyl (C=O) groups is 2. The lowest BCUT2D eigenvalue weighted by Gasteiger charge is -2.10. The molecule has 0 N–H and O–H groups in total. The van der Waals surface area contributed by atoms with Gasteiger partial charge in [-0.2, -0.15) is 0 Å². The van der Waals surface area contributed by atoms with Gasteiger partial charge in [-0.1, -0.05) is 42.0 Å². The van der Waals surface area contributed by atoms with E-state index < -0.39 is 5.97 Å². The van der Waals surface area contributed by atoms with Crippen LogP contribution in [-0.2, 0) is 4.74 Å². The standard InChI is InChI=1S/C23H21NO3/c1-14-7-10-17(15(2)11-14)22(25)13-27-23(26)19-12-21(16-8-9-16)24-20-6-4-3-5-18(19)20/h3-7,10-12,16H,8-9,13H2,1-2H3. The molecule has 4 heteroatoms. The molecule has 4 rings (SSSR count). The maximum absolute atomic E-state index is 12.7. The van der Waals surface area contributed by atoms with Gasteiger partial charge in [0.25, 0.3) is 0 Å². The smallest absolute Gasteiger partial charge is 0.339 e. The SMILES string of the molecule is Cc1ccc(C(=O)COC(=O)c2cc(C3CC3)nc3ccccc23)c(C)c1. The Balaban J connectivity index is 1.57. The van der Waals surface area contributed by atoms with Crippen molar-refractivity contribution in [2.24, 2.45) is 0 Å². The third kappa shape index (κ3) is 3.61. The fourth-order valence-corrected chi connectivity index (χ4v) is 3.37. The fraction of sp³-hybridized carbons (Fsp3) is 0.261. The number of ketones is 1. The molecule has 3 aromatic rings. The van der Waals surface area contributed by atoms with E-state index in [-0.39, 0.29) is 12.4 Å². The molecule has 136 valence electrons. The van der Waals surface area contributed by atoms with Crippen molar-refractivity contribution >= 4 is 22.7 Å². The number of hydrogen-bond donors (Lipinski definition) is 0. The Hall–Kier alpha value is -3.01. The summed E-state index contributed by atoms with van der Waals surface area (Å²) < 4.78 is 5.38. The molecule has 0 amide bonds. The number of hydrogen-bond acceptors (Lipinski definition) is 4. The van der Waals surface area contributed by atoms with Crippen LogP contribution in [0.15, 0.2) is 48.5 Å². The van der Waals surface area contributed by atoms with E-state index >= 15 is 0 Å². The average Bonchev–Trinajstić information content (AvgIpc) is 3.50. The van der Waals surface area contributed by atoms with Crippen LogP contribution in [-0.4, -0.2) is 23.3 Å². The lowest BCUT2D eigenvalue weighted by atomic mass is 10.0. The van der Waals surface area contributed by atoms with Crippen LogP contribution in [0.2, 0.25) is 0 Å². The average molecular weight is 359 g/mol. The van der Waals surface area contributed by atoms with E-state index in [1.807, 2.05) is 56.3 Å². The molecule has 0 aliphatic heterocycles. The predicted octanol–water partition coefficient (Wildman–Crippen LogP) is 4.77. The number of nitrogens with zero attached hydrogens (tertiary/aromatic N) is 1. The highest BCUT2D eigenvalue weighted by atomic mass is 16.5.